The van der Waals surface area contributed by atoms with E-state index in [9.17, 15) is 4.79 Å². The van der Waals surface area contributed by atoms with E-state index in [4.69, 9.17) is 0 Å². The molecule has 3 heteroatoms. The molecule has 1 aliphatic heterocycles. The van der Waals surface area contributed by atoms with Crippen molar-refractivity contribution in [1.82, 2.24) is 10.6 Å². The summed E-state index contributed by atoms with van der Waals surface area (Å²) < 4.78 is 0. The Hall–Kier alpha value is -1.35. The average molecular weight is 286 g/mol. The maximum Gasteiger partial charge on any atom is 0.251 e. The predicted molar refractivity (Wildman–Crippen MR) is 85.6 cm³/mol. The normalized spacial score (nSPS) is 23.1. The van der Waals surface area contributed by atoms with E-state index in [2.05, 4.69) is 22.8 Å². The molecule has 2 fully saturated rings. The predicted octanol–water partition coefficient (Wildman–Crippen LogP) is 3.22. The first-order valence-electron chi connectivity index (χ1n) is 8.44. The Bertz CT molecular complexity index is 457. The van der Waals surface area contributed by atoms with Gasteiger partial charge in [-0.05, 0) is 55.8 Å². The van der Waals surface area contributed by atoms with E-state index in [1.165, 1.54) is 50.5 Å². The fourth-order valence-electron chi connectivity index (χ4n) is 3.59. The van der Waals surface area contributed by atoms with Crippen molar-refractivity contribution in [2.75, 3.05) is 13.1 Å². The van der Waals surface area contributed by atoms with Gasteiger partial charge in [-0.2, -0.15) is 0 Å². The molecule has 1 aliphatic carbocycles. The van der Waals surface area contributed by atoms with E-state index >= 15 is 0 Å². The summed E-state index contributed by atoms with van der Waals surface area (Å²) in [4.78, 5) is 12.2. The van der Waals surface area contributed by atoms with Gasteiger partial charge in [0.1, 0.15) is 0 Å². The van der Waals surface area contributed by atoms with Crippen LogP contribution in [0.1, 0.15) is 66.8 Å². The van der Waals surface area contributed by atoms with Crippen LogP contribution in [0, 0.1) is 0 Å². The lowest BCUT2D eigenvalue weighted by Gasteiger charge is -2.22. The molecule has 1 saturated heterocycles. The van der Waals surface area contributed by atoms with Gasteiger partial charge in [0.25, 0.3) is 5.91 Å². The first kappa shape index (κ1) is 14.6. The molecule has 114 valence electrons. The number of benzene rings is 1. The second-order valence-corrected chi connectivity index (χ2v) is 6.46. The molecule has 0 aromatic heterocycles. The molecule has 1 amide bonds. The minimum absolute atomic E-state index is 0.0545. The smallest absolute Gasteiger partial charge is 0.251 e. The van der Waals surface area contributed by atoms with Crippen molar-refractivity contribution in [1.29, 1.82) is 0 Å². The summed E-state index contributed by atoms with van der Waals surface area (Å²) in [5.41, 5.74) is 2.19. The monoisotopic (exact) mass is 286 g/mol. The SMILES string of the molecule is O=C(NCC1CCCN1)c1ccc(C2CCCCC2)cc1. The molecule has 0 bridgehead atoms. The summed E-state index contributed by atoms with van der Waals surface area (Å²) in [6.07, 6.45) is 9.07. The van der Waals surface area contributed by atoms with Crippen LogP contribution in [-0.4, -0.2) is 25.0 Å². The Morgan fingerprint density at radius 1 is 1.05 bits per heavy atom. The lowest BCUT2D eigenvalue weighted by atomic mass is 9.84. The third-order valence-electron chi connectivity index (χ3n) is 4.92. The zero-order valence-electron chi connectivity index (χ0n) is 12.7. The molecule has 1 unspecified atom stereocenters. The molecule has 2 N–H and O–H groups in total. The quantitative estimate of drug-likeness (QED) is 0.892. The molecule has 2 aliphatic rings. The third-order valence-corrected chi connectivity index (χ3v) is 4.92. The number of hydrogen-bond donors (Lipinski definition) is 2. The second-order valence-electron chi connectivity index (χ2n) is 6.46. The molecular formula is C18H26N2O. The van der Waals surface area contributed by atoms with E-state index in [-0.39, 0.29) is 5.91 Å². The highest BCUT2D eigenvalue weighted by molar-refractivity contribution is 5.94. The van der Waals surface area contributed by atoms with Gasteiger partial charge in [-0.3, -0.25) is 4.79 Å². The zero-order chi connectivity index (χ0) is 14.5. The molecule has 1 atom stereocenters. The number of amides is 1. The maximum atomic E-state index is 12.2. The fourth-order valence-corrected chi connectivity index (χ4v) is 3.59. The van der Waals surface area contributed by atoms with Gasteiger partial charge in [0.05, 0.1) is 0 Å². The molecular weight excluding hydrogens is 260 g/mol. The minimum Gasteiger partial charge on any atom is -0.350 e. The molecule has 1 heterocycles. The topological polar surface area (TPSA) is 41.1 Å². The Balaban J connectivity index is 1.54. The average Bonchev–Trinajstić information content (AvgIpc) is 3.07. The first-order chi connectivity index (χ1) is 10.3. The number of nitrogens with one attached hydrogen (secondary N) is 2. The summed E-state index contributed by atoms with van der Waals surface area (Å²) in [5, 5.41) is 6.44. The van der Waals surface area contributed by atoms with Crippen molar-refractivity contribution in [2.45, 2.75) is 56.9 Å². The standard InChI is InChI=1S/C18H26N2O/c21-18(20-13-17-7-4-12-19-17)16-10-8-15(9-11-16)14-5-2-1-3-6-14/h8-11,14,17,19H,1-7,12-13H2,(H,20,21). The molecule has 21 heavy (non-hydrogen) atoms. The molecule has 3 nitrogen and oxygen atoms in total. The van der Waals surface area contributed by atoms with Gasteiger partial charge >= 0.3 is 0 Å². The molecule has 0 radical (unpaired) electrons. The fraction of sp³-hybridized carbons (Fsp3) is 0.611. The van der Waals surface area contributed by atoms with Gasteiger partial charge in [-0.25, -0.2) is 0 Å². The van der Waals surface area contributed by atoms with Gasteiger partial charge in [0.2, 0.25) is 0 Å². The largest absolute Gasteiger partial charge is 0.350 e. The molecule has 1 aromatic carbocycles. The van der Waals surface area contributed by atoms with Crippen LogP contribution in [0.25, 0.3) is 0 Å². The van der Waals surface area contributed by atoms with Crippen LogP contribution >= 0.6 is 0 Å². The summed E-state index contributed by atoms with van der Waals surface area (Å²) >= 11 is 0. The van der Waals surface area contributed by atoms with Crippen molar-refractivity contribution >= 4 is 5.91 Å². The van der Waals surface area contributed by atoms with Crippen LogP contribution in [0.5, 0.6) is 0 Å². The highest BCUT2D eigenvalue weighted by Gasteiger charge is 2.17. The van der Waals surface area contributed by atoms with Crippen molar-refractivity contribution in [3.05, 3.63) is 35.4 Å². The van der Waals surface area contributed by atoms with Crippen LogP contribution in [0.15, 0.2) is 24.3 Å². The lowest BCUT2D eigenvalue weighted by Crippen LogP contribution is -2.37. The summed E-state index contributed by atoms with van der Waals surface area (Å²) in [6, 6.07) is 8.73. The summed E-state index contributed by atoms with van der Waals surface area (Å²) in [5.74, 6) is 0.762. The van der Waals surface area contributed by atoms with E-state index in [0.717, 1.165) is 18.7 Å². The van der Waals surface area contributed by atoms with E-state index < -0.39 is 0 Å². The van der Waals surface area contributed by atoms with Crippen LogP contribution in [0.3, 0.4) is 0 Å². The Morgan fingerprint density at radius 3 is 2.48 bits per heavy atom. The third kappa shape index (κ3) is 3.85. The van der Waals surface area contributed by atoms with Crippen LogP contribution in [0.4, 0.5) is 0 Å². The molecule has 1 aromatic rings. The number of rotatable bonds is 4. The van der Waals surface area contributed by atoms with Gasteiger partial charge in [0, 0.05) is 18.2 Å². The number of carbonyl (C=O) groups is 1. The van der Waals surface area contributed by atoms with Gasteiger partial charge < -0.3 is 10.6 Å². The lowest BCUT2D eigenvalue weighted by molar-refractivity contribution is 0.0950. The molecule has 0 spiro atoms. The number of carbonyl (C=O) groups excluding carboxylic acids is 1. The van der Waals surface area contributed by atoms with E-state index in [0.29, 0.717) is 12.0 Å². The van der Waals surface area contributed by atoms with Crippen LogP contribution in [0.2, 0.25) is 0 Å². The minimum atomic E-state index is 0.0545. The van der Waals surface area contributed by atoms with Crippen molar-refractivity contribution in [3.63, 3.8) is 0 Å². The highest BCUT2D eigenvalue weighted by Crippen LogP contribution is 2.32. The van der Waals surface area contributed by atoms with Gasteiger partial charge in [0.15, 0.2) is 0 Å². The van der Waals surface area contributed by atoms with Gasteiger partial charge in [-0.15, -0.1) is 0 Å². The molecule has 1 saturated carbocycles. The van der Waals surface area contributed by atoms with Crippen LogP contribution in [-0.2, 0) is 0 Å². The summed E-state index contributed by atoms with van der Waals surface area (Å²) in [7, 11) is 0. The van der Waals surface area contributed by atoms with Gasteiger partial charge in [-0.1, -0.05) is 31.4 Å². The zero-order valence-corrected chi connectivity index (χ0v) is 12.7. The number of hydrogen-bond acceptors (Lipinski definition) is 2. The van der Waals surface area contributed by atoms with E-state index in [1.807, 2.05) is 12.1 Å². The van der Waals surface area contributed by atoms with E-state index in [1.54, 1.807) is 0 Å². The highest BCUT2D eigenvalue weighted by atomic mass is 16.1. The Labute approximate surface area is 127 Å². The van der Waals surface area contributed by atoms with Crippen molar-refractivity contribution in [2.24, 2.45) is 0 Å². The maximum absolute atomic E-state index is 12.2. The van der Waals surface area contributed by atoms with Crippen LogP contribution < -0.4 is 10.6 Å². The Morgan fingerprint density at radius 2 is 1.81 bits per heavy atom. The van der Waals surface area contributed by atoms with Crippen molar-refractivity contribution in [3.8, 4) is 0 Å². The summed E-state index contributed by atoms with van der Waals surface area (Å²) in [6.45, 7) is 1.82. The Kier molecular flexibility index (Phi) is 4.91. The first-order valence-corrected chi connectivity index (χ1v) is 8.44. The second kappa shape index (κ2) is 7.08. The molecule has 3 rings (SSSR count). The van der Waals surface area contributed by atoms with Crippen molar-refractivity contribution < 1.29 is 4.79 Å².